The molecular weight excluding hydrogens is 266 g/mol. The summed E-state index contributed by atoms with van der Waals surface area (Å²) < 4.78 is 0. The number of piperidine rings is 1. The molecule has 112 valence electrons. The Morgan fingerprint density at radius 2 is 2.10 bits per heavy atom. The molecule has 0 bridgehead atoms. The monoisotopic (exact) mass is 287 g/mol. The molecule has 3 aliphatic rings. The number of benzene rings is 1. The summed E-state index contributed by atoms with van der Waals surface area (Å²) in [5.74, 6) is -0.320. The summed E-state index contributed by atoms with van der Waals surface area (Å²) in [6, 6.07) is 6.57. The summed E-state index contributed by atoms with van der Waals surface area (Å²) in [7, 11) is 0. The van der Waals surface area contributed by atoms with Crippen LogP contribution in [-0.4, -0.2) is 48.1 Å². The third-order valence-corrected chi connectivity index (χ3v) is 5.04. The number of amides is 1. The van der Waals surface area contributed by atoms with Crippen molar-refractivity contribution in [1.82, 2.24) is 4.90 Å². The van der Waals surface area contributed by atoms with Crippen molar-refractivity contribution < 1.29 is 9.90 Å². The van der Waals surface area contributed by atoms with Crippen molar-refractivity contribution >= 4 is 17.3 Å². The highest BCUT2D eigenvalue weighted by atomic mass is 16.3. The first-order chi connectivity index (χ1) is 10.2. The van der Waals surface area contributed by atoms with E-state index in [4.69, 9.17) is 0 Å². The van der Waals surface area contributed by atoms with Crippen molar-refractivity contribution in [3.8, 4) is 0 Å². The molecule has 21 heavy (non-hydrogen) atoms. The Morgan fingerprint density at radius 1 is 1.19 bits per heavy atom. The van der Waals surface area contributed by atoms with Gasteiger partial charge in [0.1, 0.15) is 0 Å². The molecule has 2 saturated heterocycles. The van der Waals surface area contributed by atoms with E-state index in [0.717, 1.165) is 31.0 Å². The Hall–Kier alpha value is -1.59. The van der Waals surface area contributed by atoms with Crippen LogP contribution < -0.4 is 10.2 Å². The topological polar surface area (TPSA) is 55.8 Å². The first-order valence-electron chi connectivity index (χ1n) is 7.84. The number of nitrogens with one attached hydrogen (secondary N) is 1. The molecule has 1 aromatic rings. The number of nitrogens with zero attached hydrogens (tertiary/aromatic N) is 2. The van der Waals surface area contributed by atoms with E-state index < -0.39 is 6.10 Å². The van der Waals surface area contributed by atoms with Gasteiger partial charge in [-0.25, -0.2) is 0 Å². The largest absolute Gasteiger partial charge is 0.378 e. The van der Waals surface area contributed by atoms with Gasteiger partial charge in [-0.1, -0.05) is 12.5 Å². The molecule has 2 unspecified atom stereocenters. The van der Waals surface area contributed by atoms with Crippen LogP contribution >= 0.6 is 0 Å². The van der Waals surface area contributed by atoms with Gasteiger partial charge in [0.05, 0.1) is 0 Å². The lowest BCUT2D eigenvalue weighted by Gasteiger charge is -2.45. The van der Waals surface area contributed by atoms with Gasteiger partial charge in [0, 0.05) is 42.6 Å². The molecule has 2 atom stereocenters. The van der Waals surface area contributed by atoms with Gasteiger partial charge in [0.25, 0.3) is 5.91 Å². The lowest BCUT2D eigenvalue weighted by atomic mass is 9.99. The second-order valence-electron chi connectivity index (χ2n) is 6.29. The van der Waals surface area contributed by atoms with E-state index in [1.165, 1.54) is 25.8 Å². The first kappa shape index (κ1) is 13.1. The van der Waals surface area contributed by atoms with Crippen molar-refractivity contribution in [1.29, 1.82) is 0 Å². The predicted octanol–water partition coefficient (Wildman–Crippen LogP) is 1.35. The van der Waals surface area contributed by atoms with E-state index >= 15 is 0 Å². The number of carbonyl (C=O) groups is 1. The van der Waals surface area contributed by atoms with Crippen LogP contribution in [0.4, 0.5) is 11.4 Å². The van der Waals surface area contributed by atoms with Crippen LogP contribution in [0.15, 0.2) is 18.2 Å². The number of piperazine rings is 1. The zero-order chi connectivity index (χ0) is 14.4. The van der Waals surface area contributed by atoms with Gasteiger partial charge in [0.15, 0.2) is 6.10 Å². The Labute approximate surface area is 124 Å². The average Bonchev–Trinajstić information content (AvgIpc) is 2.81. The number of aliphatic hydroxyl groups is 1. The minimum Gasteiger partial charge on any atom is -0.378 e. The van der Waals surface area contributed by atoms with Gasteiger partial charge in [-0.2, -0.15) is 0 Å². The van der Waals surface area contributed by atoms with Crippen LogP contribution in [0.1, 0.15) is 30.9 Å². The van der Waals surface area contributed by atoms with Gasteiger partial charge >= 0.3 is 0 Å². The summed E-state index contributed by atoms with van der Waals surface area (Å²) in [6.07, 6.45) is 2.95. The van der Waals surface area contributed by atoms with E-state index in [2.05, 4.69) is 15.1 Å². The summed E-state index contributed by atoms with van der Waals surface area (Å²) in [5.41, 5.74) is 2.60. The standard InChI is InChI=1S/C16H21N3O2/c20-15-13-5-4-11(9-14(13)17-16(15)21)19-8-7-18-6-2-1-3-12(18)10-19/h4-5,9,12,15,20H,1-3,6-8,10H2,(H,17,21). The fourth-order valence-corrected chi connectivity index (χ4v) is 3.82. The predicted molar refractivity (Wildman–Crippen MR) is 81.5 cm³/mol. The smallest absolute Gasteiger partial charge is 0.257 e. The maximum absolute atomic E-state index is 11.5. The number of hydrogen-bond donors (Lipinski definition) is 2. The molecule has 0 saturated carbocycles. The van der Waals surface area contributed by atoms with Crippen molar-refractivity contribution in [3.05, 3.63) is 23.8 Å². The third-order valence-electron chi connectivity index (χ3n) is 5.04. The molecule has 3 aliphatic heterocycles. The Kier molecular flexibility index (Phi) is 3.12. The molecule has 5 heteroatoms. The van der Waals surface area contributed by atoms with Crippen LogP contribution in [0.3, 0.4) is 0 Å². The fraction of sp³-hybridized carbons (Fsp3) is 0.562. The van der Waals surface area contributed by atoms with Crippen molar-refractivity contribution in [2.75, 3.05) is 36.4 Å². The lowest BCUT2D eigenvalue weighted by molar-refractivity contribution is -0.123. The van der Waals surface area contributed by atoms with Crippen LogP contribution in [0.2, 0.25) is 0 Å². The van der Waals surface area contributed by atoms with Gasteiger partial charge in [-0.05, 0) is 31.5 Å². The van der Waals surface area contributed by atoms with Gasteiger partial charge in [0.2, 0.25) is 0 Å². The minimum absolute atomic E-state index is 0.320. The SMILES string of the molecule is O=C1Nc2cc(N3CCN4CCCCC4C3)ccc2C1O. The second kappa shape index (κ2) is 5.00. The third kappa shape index (κ3) is 2.21. The van der Waals surface area contributed by atoms with Crippen LogP contribution in [0.25, 0.3) is 0 Å². The molecule has 0 aliphatic carbocycles. The van der Waals surface area contributed by atoms with Gasteiger partial charge in [-0.3, -0.25) is 9.69 Å². The number of fused-ring (bicyclic) bond motifs is 2. The Balaban J connectivity index is 1.55. The van der Waals surface area contributed by atoms with E-state index in [9.17, 15) is 9.90 Å². The minimum atomic E-state index is -1.01. The fourth-order valence-electron chi connectivity index (χ4n) is 3.82. The average molecular weight is 287 g/mol. The first-order valence-corrected chi connectivity index (χ1v) is 7.84. The molecular formula is C16H21N3O2. The van der Waals surface area contributed by atoms with E-state index in [1.807, 2.05) is 18.2 Å². The van der Waals surface area contributed by atoms with Crippen molar-refractivity contribution in [2.45, 2.75) is 31.4 Å². The number of rotatable bonds is 1. The summed E-state index contributed by atoms with van der Waals surface area (Å²) in [4.78, 5) is 16.5. The summed E-state index contributed by atoms with van der Waals surface area (Å²) in [6.45, 7) is 4.46. The Bertz CT molecular complexity index is 575. The molecule has 1 amide bonds. The number of anilines is 2. The highest BCUT2D eigenvalue weighted by Crippen LogP contribution is 2.35. The van der Waals surface area contributed by atoms with E-state index in [-0.39, 0.29) is 5.91 Å². The van der Waals surface area contributed by atoms with Crippen LogP contribution in [0.5, 0.6) is 0 Å². The lowest BCUT2D eigenvalue weighted by Crippen LogP contribution is -2.54. The van der Waals surface area contributed by atoms with Gasteiger partial charge < -0.3 is 15.3 Å². The normalized spacial score (nSPS) is 29.0. The molecule has 0 radical (unpaired) electrons. The Morgan fingerprint density at radius 3 is 3.00 bits per heavy atom. The molecule has 2 fully saturated rings. The molecule has 0 aromatic heterocycles. The number of carbonyl (C=O) groups excluding carboxylic acids is 1. The highest BCUT2D eigenvalue weighted by molar-refractivity contribution is 6.02. The molecule has 3 heterocycles. The molecule has 5 nitrogen and oxygen atoms in total. The molecule has 2 N–H and O–H groups in total. The highest BCUT2D eigenvalue weighted by Gasteiger charge is 2.31. The van der Waals surface area contributed by atoms with E-state index in [0.29, 0.717) is 11.6 Å². The zero-order valence-corrected chi connectivity index (χ0v) is 12.1. The number of aliphatic hydroxyl groups excluding tert-OH is 1. The molecule has 4 rings (SSSR count). The van der Waals surface area contributed by atoms with Crippen LogP contribution in [0, 0.1) is 0 Å². The molecule has 0 spiro atoms. The quantitative estimate of drug-likeness (QED) is 0.818. The van der Waals surface area contributed by atoms with Crippen LogP contribution in [-0.2, 0) is 4.79 Å². The maximum Gasteiger partial charge on any atom is 0.257 e. The van der Waals surface area contributed by atoms with Crippen molar-refractivity contribution in [2.24, 2.45) is 0 Å². The second-order valence-corrected chi connectivity index (χ2v) is 6.29. The zero-order valence-electron chi connectivity index (χ0n) is 12.1. The maximum atomic E-state index is 11.5. The number of hydrogen-bond acceptors (Lipinski definition) is 4. The van der Waals surface area contributed by atoms with Gasteiger partial charge in [-0.15, -0.1) is 0 Å². The molecule has 1 aromatic carbocycles. The summed E-state index contributed by atoms with van der Waals surface area (Å²) in [5, 5.41) is 12.5. The summed E-state index contributed by atoms with van der Waals surface area (Å²) >= 11 is 0. The van der Waals surface area contributed by atoms with E-state index in [1.54, 1.807) is 0 Å². The van der Waals surface area contributed by atoms with Crippen molar-refractivity contribution in [3.63, 3.8) is 0 Å².